The molecular weight excluding hydrogens is 336 g/mol. The van der Waals surface area contributed by atoms with Crippen LogP contribution in [0.4, 0.5) is 0 Å². The van der Waals surface area contributed by atoms with Gasteiger partial charge in [-0.1, -0.05) is 13.8 Å². The number of hydrogen-bond acceptors (Lipinski definition) is 5. The van der Waals surface area contributed by atoms with E-state index in [0.717, 1.165) is 71.3 Å². The van der Waals surface area contributed by atoms with Gasteiger partial charge in [-0.2, -0.15) is 11.8 Å². The number of morpholine rings is 1. The number of thioether (sulfide) groups is 1. The Morgan fingerprint density at radius 2 is 2.04 bits per heavy atom. The van der Waals surface area contributed by atoms with Gasteiger partial charge in [0, 0.05) is 57.7 Å². The topological polar surface area (TPSA) is 58.1 Å². The van der Waals surface area contributed by atoms with Crippen LogP contribution in [0.5, 0.6) is 0 Å². The molecule has 2 rings (SSSR count). The zero-order valence-electron chi connectivity index (χ0n) is 16.3. The molecule has 2 N–H and O–H groups in total. The van der Waals surface area contributed by atoms with Crippen molar-refractivity contribution >= 4 is 17.7 Å². The molecule has 2 fully saturated rings. The molecule has 146 valence electrons. The lowest BCUT2D eigenvalue weighted by atomic mass is 9.99. The Morgan fingerprint density at radius 1 is 1.28 bits per heavy atom. The van der Waals surface area contributed by atoms with Crippen LogP contribution in [0.15, 0.2) is 4.99 Å². The first kappa shape index (κ1) is 20.8. The van der Waals surface area contributed by atoms with Crippen molar-refractivity contribution in [3.05, 3.63) is 0 Å². The largest absolute Gasteiger partial charge is 0.381 e. The van der Waals surface area contributed by atoms with Gasteiger partial charge in [0.15, 0.2) is 5.96 Å². The van der Waals surface area contributed by atoms with Crippen LogP contribution in [0.2, 0.25) is 0 Å². The van der Waals surface area contributed by atoms with E-state index in [1.807, 2.05) is 18.8 Å². The van der Waals surface area contributed by atoms with Crippen LogP contribution >= 0.6 is 11.8 Å². The predicted octanol–water partition coefficient (Wildman–Crippen LogP) is 1.42. The van der Waals surface area contributed by atoms with E-state index in [0.29, 0.717) is 5.92 Å². The van der Waals surface area contributed by atoms with Crippen molar-refractivity contribution in [2.24, 2.45) is 10.9 Å². The lowest BCUT2D eigenvalue weighted by Gasteiger charge is -2.36. The van der Waals surface area contributed by atoms with Gasteiger partial charge in [-0.25, -0.2) is 0 Å². The summed E-state index contributed by atoms with van der Waals surface area (Å²) in [6, 6.07) is 0. The van der Waals surface area contributed by atoms with Crippen LogP contribution in [-0.2, 0) is 9.47 Å². The number of ether oxygens (including phenoxy) is 2. The van der Waals surface area contributed by atoms with E-state index in [9.17, 15) is 0 Å². The van der Waals surface area contributed by atoms with Crippen molar-refractivity contribution in [2.75, 3.05) is 65.8 Å². The zero-order valence-corrected chi connectivity index (χ0v) is 17.2. The molecule has 1 unspecified atom stereocenters. The first-order valence-electron chi connectivity index (χ1n) is 9.48. The SMILES string of the molecule is CN=C(NCC1CN(CC(C)C)CCO1)NCC1(SC)CCOCC1. The van der Waals surface area contributed by atoms with E-state index >= 15 is 0 Å². The van der Waals surface area contributed by atoms with E-state index in [1.165, 1.54) is 0 Å². The fourth-order valence-corrected chi connectivity index (χ4v) is 4.25. The molecule has 0 bridgehead atoms. The number of nitrogens with zero attached hydrogens (tertiary/aromatic N) is 2. The van der Waals surface area contributed by atoms with Crippen LogP contribution in [0, 0.1) is 5.92 Å². The summed E-state index contributed by atoms with van der Waals surface area (Å²) in [5, 5.41) is 6.95. The highest BCUT2D eigenvalue weighted by atomic mass is 32.2. The molecule has 25 heavy (non-hydrogen) atoms. The molecule has 0 aromatic carbocycles. The fourth-order valence-electron chi connectivity index (χ4n) is 3.46. The Kier molecular flexibility index (Phi) is 8.82. The summed E-state index contributed by atoms with van der Waals surface area (Å²) < 4.78 is 11.7. The molecule has 2 heterocycles. The monoisotopic (exact) mass is 372 g/mol. The van der Waals surface area contributed by atoms with E-state index in [4.69, 9.17) is 9.47 Å². The third kappa shape index (κ3) is 6.96. The van der Waals surface area contributed by atoms with Gasteiger partial charge in [-0.15, -0.1) is 0 Å². The average molecular weight is 373 g/mol. The smallest absolute Gasteiger partial charge is 0.191 e. The second-order valence-corrected chi connectivity index (χ2v) is 8.73. The molecule has 0 spiro atoms. The highest BCUT2D eigenvalue weighted by Crippen LogP contribution is 2.32. The first-order chi connectivity index (χ1) is 12.1. The Bertz CT molecular complexity index is 414. The molecule has 0 amide bonds. The van der Waals surface area contributed by atoms with Gasteiger partial charge >= 0.3 is 0 Å². The number of aliphatic imine (C=N–C) groups is 1. The maximum absolute atomic E-state index is 5.91. The van der Waals surface area contributed by atoms with Gasteiger partial charge in [-0.3, -0.25) is 9.89 Å². The summed E-state index contributed by atoms with van der Waals surface area (Å²) in [6.45, 7) is 12.0. The Morgan fingerprint density at radius 3 is 2.68 bits per heavy atom. The second-order valence-electron chi connectivity index (χ2n) is 7.45. The van der Waals surface area contributed by atoms with Gasteiger partial charge in [0.1, 0.15) is 0 Å². The molecule has 0 radical (unpaired) electrons. The predicted molar refractivity (Wildman–Crippen MR) is 107 cm³/mol. The van der Waals surface area contributed by atoms with Crippen LogP contribution in [0.1, 0.15) is 26.7 Å². The van der Waals surface area contributed by atoms with Crippen LogP contribution in [-0.4, -0.2) is 87.6 Å². The number of hydrogen-bond donors (Lipinski definition) is 2. The standard InChI is InChI=1S/C18H36N4O2S/c1-15(2)12-22-7-10-24-16(13-22)11-20-17(19-3)21-14-18(25-4)5-8-23-9-6-18/h15-16H,5-14H2,1-4H3,(H2,19,20,21). The number of rotatable bonds is 7. The van der Waals surface area contributed by atoms with Crippen molar-refractivity contribution in [1.29, 1.82) is 0 Å². The van der Waals surface area contributed by atoms with Crippen LogP contribution in [0.3, 0.4) is 0 Å². The Balaban J connectivity index is 1.74. The van der Waals surface area contributed by atoms with E-state index < -0.39 is 0 Å². The van der Waals surface area contributed by atoms with Crippen molar-refractivity contribution in [2.45, 2.75) is 37.5 Å². The van der Waals surface area contributed by atoms with Gasteiger partial charge in [0.25, 0.3) is 0 Å². The maximum atomic E-state index is 5.91. The zero-order chi connectivity index (χ0) is 18.1. The van der Waals surface area contributed by atoms with Gasteiger partial charge in [-0.05, 0) is 25.0 Å². The molecule has 1 atom stereocenters. The highest BCUT2D eigenvalue weighted by Gasteiger charge is 2.32. The third-order valence-corrected chi connectivity index (χ3v) is 6.40. The van der Waals surface area contributed by atoms with E-state index in [2.05, 4.69) is 40.6 Å². The van der Waals surface area contributed by atoms with Crippen LogP contribution < -0.4 is 10.6 Å². The minimum absolute atomic E-state index is 0.226. The minimum Gasteiger partial charge on any atom is -0.381 e. The molecule has 2 saturated heterocycles. The normalized spacial score (nSPS) is 25.2. The van der Waals surface area contributed by atoms with Crippen LogP contribution in [0.25, 0.3) is 0 Å². The first-order valence-corrected chi connectivity index (χ1v) is 10.7. The summed E-state index contributed by atoms with van der Waals surface area (Å²) >= 11 is 1.94. The summed E-state index contributed by atoms with van der Waals surface area (Å²) in [7, 11) is 1.83. The van der Waals surface area contributed by atoms with Gasteiger partial charge in [0.2, 0.25) is 0 Å². The minimum atomic E-state index is 0.226. The molecule has 0 aromatic heterocycles. The average Bonchev–Trinajstić information content (AvgIpc) is 2.62. The molecule has 7 heteroatoms. The second kappa shape index (κ2) is 10.6. The molecular formula is C18H36N4O2S. The Labute approximate surface area is 157 Å². The fraction of sp³-hybridized carbons (Fsp3) is 0.944. The quantitative estimate of drug-likeness (QED) is 0.521. The number of nitrogens with one attached hydrogen (secondary N) is 2. The summed E-state index contributed by atoms with van der Waals surface area (Å²) in [4.78, 5) is 6.88. The summed E-state index contributed by atoms with van der Waals surface area (Å²) in [5.41, 5.74) is 0. The van der Waals surface area contributed by atoms with E-state index in [-0.39, 0.29) is 10.9 Å². The molecule has 2 aliphatic heterocycles. The van der Waals surface area contributed by atoms with Crippen molar-refractivity contribution in [1.82, 2.24) is 15.5 Å². The molecule has 0 aliphatic carbocycles. The van der Waals surface area contributed by atoms with E-state index in [1.54, 1.807) is 0 Å². The number of guanidine groups is 1. The molecule has 2 aliphatic rings. The van der Waals surface area contributed by atoms with Gasteiger partial charge in [0.05, 0.1) is 12.7 Å². The van der Waals surface area contributed by atoms with Crippen molar-refractivity contribution in [3.63, 3.8) is 0 Å². The summed E-state index contributed by atoms with van der Waals surface area (Å²) in [6.07, 6.45) is 4.61. The molecule has 0 aromatic rings. The molecule has 0 saturated carbocycles. The molecule has 6 nitrogen and oxygen atoms in total. The lowest BCUT2D eigenvalue weighted by Crippen LogP contribution is -2.52. The van der Waals surface area contributed by atoms with Gasteiger partial charge < -0.3 is 20.1 Å². The highest BCUT2D eigenvalue weighted by molar-refractivity contribution is 8.00. The van der Waals surface area contributed by atoms with Crippen molar-refractivity contribution in [3.8, 4) is 0 Å². The Hall–Kier alpha value is -0.500. The lowest BCUT2D eigenvalue weighted by molar-refractivity contribution is -0.0284. The third-order valence-electron chi connectivity index (χ3n) is 4.98. The summed E-state index contributed by atoms with van der Waals surface area (Å²) in [5.74, 6) is 1.56. The maximum Gasteiger partial charge on any atom is 0.191 e. The van der Waals surface area contributed by atoms with Crippen molar-refractivity contribution < 1.29 is 9.47 Å².